The van der Waals surface area contributed by atoms with E-state index < -0.39 is 6.04 Å². The summed E-state index contributed by atoms with van der Waals surface area (Å²) >= 11 is 0. The molecule has 0 fully saturated rings. The fraction of sp³-hybridized carbons (Fsp3) is 0.462. The zero-order chi connectivity index (χ0) is 13.2. The summed E-state index contributed by atoms with van der Waals surface area (Å²) in [6.45, 7) is 7.44. The molecule has 1 aromatic rings. The Morgan fingerprint density at radius 2 is 1.94 bits per heavy atom. The van der Waals surface area contributed by atoms with E-state index in [0.717, 1.165) is 11.1 Å². The van der Waals surface area contributed by atoms with Crippen molar-refractivity contribution in [2.24, 2.45) is 5.73 Å². The molecule has 0 heterocycles. The summed E-state index contributed by atoms with van der Waals surface area (Å²) in [5.41, 5.74) is 7.84. The molecule has 0 unspecified atom stereocenters. The van der Waals surface area contributed by atoms with Crippen LogP contribution >= 0.6 is 0 Å². The Kier molecular flexibility index (Phi) is 4.12. The summed E-state index contributed by atoms with van der Waals surface area (Å²) in [5, 5.41) is 12.5. The molecule has 94 valence electrons. The minimum absolute atomic E-state index is 0.196. The van der Waals surface area contributed by atoms with Crippen LogP contribution in [0.4, 0.5) is 5.69 Å². The van der Waals surface area contributed by atoms with Crippen LogP contribution in [0.5, 0.6) is 5.75 Å². The highest BCUT2D eigenvalue weighted by Crippen LogP contribution is 2.31. The number of hydrogen-bond donors (Lipinski definition) is 3. The summed E-state index contributed by atoms with van der Waals surface area (Å²) in [6, 6.07) is 2.91. The molecule has 4 nitrogen and oxygen atoms in total. The quantitative estimate of drug-likeness (QED) is 0.703. The fourth-order valence-electron chi connectivity index (χ4n) is 1.55. The molecule has 1 aromatic carbocycles. The minimum atomic E-state index is -0.550. The molecule has 0 bridgehead atoms. The number of nitrogens with two attached hydrogens (primary N) is 1. The van der Waals surface area contributed by atoms with Crippen LogP contribution in [-0.2, 0) is 4.79 Å². The van der Waals surface area contributed by atoms with Gasteiger partial charge in [0.2, 0.25) is 5.91 Å². The lowest BCUT2D eigenvalue weighted by molar-refractivity contribution is -0.117. The first kappa shape index (κ1) is 13.5. The van der Waals surface area contributed by atoms with Crippen LogP contribution in [0.3, 0.4) is 0 Å². The van der Waals surface area contributed by atoms with E-state index in [-0.39, 0.29) is 17.6 Å². The van der Waals surface area contributed by atoms with Crippen LogP contribution in [0.2, 0.25) is 0 Å². The van der Waals surface area contributed by atoms with Crippen molar-refractivity contribution < 1.29 is 9.90 Å². The molecule has 0 aliphatic heterocycles. The molecule has 1 atom stereocenters. The normalized spacial score (nSPS) is 12.6. The van der Waals surface area contributed by atoms with Crippen molar-refractivity contribution in [3.05, 3.63) is 23.3 Å². The molecule has 0 saturated heterocycles. The van der Waals surface area contributed by atoms with Gasteiger partial charge in [0.1, 0.15) is 5.75 Å². The fourth-order valence-corrected chi connectivity index (χ4v) is 1.55. The first-order valence-corrected chi connectivity index (χ1v) is 5.73. The van der Waals surface area contributed by atoms with E-state index in [9.17, 15) is 9.90 Å². The van der Waals surface area contributed by atoms with E-state index in [1.807, 2.05) is 20.8 Å². The summed E-state index contributed by atoms with van der Waals surface area (Å²) in [7, 11) is 0. The van der Waals surface area contributed by atoms with Crippen molar-refractivity contribution in [2.45, 2.75) is 39.7 Å². The van der Waals surface area contributed by atoms with Gasteiger partial charge in [-0.3, -0.25) is 4.79 Å². The molecule has 0 aliphatic rings. The zero-order valence-corrected chi connectivity index (χ0v) is 10.7. The lowest BCUT2D eigenvalue weighted by Gasteiger charge is -2.15. The lowest BCUT2D eigenvalue weighted by Crippen LogP contribution is -2.32. The number of rotatable bonds is 3. The standard InChI is InChI=1S/C13H20N2O2/c1-7(2)10-6-11(8(3)5-12(10)16)15-13(17)9(4)14/h5-7,9,16H,14H2,1-4H3,(H,15,17)/t9-/m1/s1. The van der Waals surface area contributed by atoms with Gasteiger partial charge < -0.3 is 16.2 Å². The molecular formula is C13H20N2O2. The highest BCUT2D eigenvalue weighted by atomic mass is 16.3. The maximum atomic E-state index is 11.5. The summed E-state index contributed by atoms with van der Waals surface area (Å²) in [4.78, 5) is 11.5. The van der Waals surface area contributed by atoms with Gasteiger partial charge in [0, 0.05) is 5.69 Å². The van der Waals surface area contributed by atoms with Crippen molar-refractivity contribution in [1.82, 2.24) is 0 Å². The van der Waals surface area contributed by atoms with Gasteiger partial charge in [-0.05, 0) is 43.0 Å². The van der Waals surface area contributed by atoms with Crippen LogP contribution in [-0.4, -0.2) is 17.1 Å². The van der Waals surface area contributed by atoms with E-state index >= 15 is 0 Å². The molecule has 4 heteroatoms. The van der Waals surface area contributed by atoms with Gasteiger partial charge in [0.15, 0.2) is 0 Å². The average Bonchev–Trinajstić information content (AvgIpc) is 2.21. The maximum absolute atomic E-state index is 11.5. The number of phenolic OH excluding ortho intramolecular Hbond substituents is 1. The first-order chi connectivity index (χ1) is 7.82. The number of anilines is 1. The molecule has 0 saturated carbocycles. The molecule has 0 spiro atoms. The molecule has 0 radical (unpaired) electrons. The molecule has 4 N–H and O–H groups in total. The van der Waals surface area contributed by atoms with Gasteiger partial charge in [-0.15, -0.1) is 0 Å². The van der Waals surface area contributed by atoms with Gasteiger partial charge in [0.05, 0.1) is 6.04 Å². The van der Waals surface area contributed by atoms with Crippen LogP contribution in [0, 0.1) is 6.92 Å². The molecule has 17 heavy (non-hydrogen) atoms. The maximum Gasteiger partial charge on any atom is 0.241 e. The third-order valence-electron chi connectivity index (χ3n) is 2.67. The van der Waals surface area contributed by atoms with Gasteiger partial charge in [-0.2, -0.15) is 0 Å². The van der Waals surface area contributed by atoms with Crippen LogP contribution in [0.1, 0.15) is 37.8 Å². The molecular weight excluding hydrogens is 216 g/mol. The second-order valence-electron chi connectivity index (χ2n) is 4.66. The number of carbonyl (C=O) groups excluding carboxylic acids is 1. The van der Waals surface area contributed by atoms with Gasteiger partial charge in [-0.25, -0.2) is 0 Å². The Morgan fingerprint density at radius 3 is 2.41 bits per heavy atom. The second-order valence-corrected chi connectivity index (χ2v) is 4.66. The van der Waals surface area contributed by atoms with Crippen LogP contribution in [0.25, 0.3) is 0 Å². The smallest absolute Gasteiger partial charge is 0.241 e. The number of benzene rings is 1. The highest BCUT2D eigenvalue weighted by Gasteiger charge is 2.13. The van der Waals surface area contributed by atoms with Crippen molar-refractivity contribution >= 4 is 11.6 Å². The molecule has 0 aliphatic carbocycles. The third kappa shape index (κ3) is 3.20. The Hall–Kier alpha value is -1.55. The Bertz CT molecular complexity index is 426. The van der Waals surface area contributed by atoms with E-state index in [2.05, 4.69) is 5.32 Å². The van der Waals surface area contributed by atoms with Crippen molar-refractivity contribution in [3.63, 3.8) is 0 Å². The number of hydrogen-bond acceptors (Lipinski definition) is 3. The number of aromatic hydroxyl groups is 1. The average molecular weight is 236 g/mol. The number of amides is 1. The number of phenols is 1. The zero-order valence-electron chi connectivity index (χ0n) is 10.7. The van der Waals surface area contributed by atoms with Gasteiger partial charge >= 0.3 is 0 Å². The van der Waals surface area contributed by atoms with Crippen molar-refractivity contribution in [3.8, 4) is 5.75 Å². The Morgan fingerprint density at radius 1 is 1.35 bits per heavy atom. The van der Waals surface area contributed by atoms with E-state index in [1.54, 1.807) is 19.1 Å². The number of aryl methyl sites for hydroxylation is 1. The van der Waals surface area contributed by atoms with Crippen LogP contribution < -0.4 is 11.1 Å². The summed E-state index contributed by atoms with van der Waals surface area (Å²) < 4.78 is 0. The SMILES string of the molecule is Cc1cc(O)c(C(C)C)cc1NC(=O)[C@@H](C)N. The van der Waals surface area contributed by atoms with E-state index in [1.165, 1.54) is 0 Å². The molecule has 1 amide bonds. The highest BCUT2D eigenvalue weighted by molar-refractivity contribution is 5.95. The van der Waals surface area contributed by atoms with Gasteiger partial charge in [0.25, 0.3) is 0 Å². The first-order valence-electron chi connectivity index (χ1n) is 5.73. The van der Waals surface area contributed by atoms with Crippen molar-refractivity contribution in [2.75, 3.05) is 5.32 Å². The molecule has 0 aromatic heterocycles. The predicted octanol–water partition coefficient (Wildman–Crippen LogP) is 2.11. The van der Waals surface area contributed by atoms with Gasteiger partial charge in [-0.1, -0.05) is 13.8 Å². The number of nitrogens with one attached hydrogen (secondary N) is 1. The van der Waals surface area contributed by atoms with E-state index in [4.69, 9.17) is 5.73 Å². The summed E-state index contributed by atoms with van der Waals surface area (Å²) in [6.07, 6.45) is 0. The largest absolute Gasteiger partial charge is 0.508 e. The monoisotopic (exact) mass is 236 g/mol. The Labute approximate surface area is 102 Å². The van der Waals surface area contributed by atoms with E-state index in [0.29, 0.717) is 5.69 Å². The third-order valence-corrected chi connectivity index (χ3v) is 2.67. The second kappa shape index (κ2) is 5.19. The topological polar surface area (TPSA) is 75.3 Å². The lowest BCUT2D eigenvalue weighted by atomic mass is 9.99. The van der Waals surface area contributed by atoms with Crippen molar-refractivity contribution in [1.29, 1.82) is 0 Å². The summed E-state index contributed by atoms with van der Waals surface area (Å²) in [5.74, 6) is 0.228. The predicted molar refractivity (Wildman–Crippen MR) is 69.2 cm³/mol. The Balaban J connectivity index is 3.08. The molecule has 1 rings (SSSR count). The minimum Gasteiger partial charge on any atom is -0.508 e. The number of carbonyl (C=O) groups is 1. The van der Waals surface area contributed by atoms with Crippen LogP contribution in [0.15, 0.2) is 12.1 Å².